The van der Waals surface area contributed by atoms with Crippen LogP contribution >= 0.6 is 27.7 Å². The van der Waals surface area contributed by atoms with Crippen LogP contribution in [0.2, 0.25) is 0 Å². The third-order valence-corrected chi connectivity index (χ3v) is 5.68. The number of nitrogens with zero attached hydrogens (tertiary/aromatic N) is 1. The number of aryl methyl sites for hydroxylation is 1. The van der Waals surface area contributed by atoms with Gasteiger partial charge in [0, 0.05) is 9.37 Å². The summed E-state index contributed by atoms with van der Waals surface area (Å²) < 4.78 is 6.20. The van der Waals surface area contributed by atoms with Crippen LogP contribution in [-0.2, 0) is 4.74 Å². The Balaban J connectivity index is 2.10. The smallest absolute Gasteiger partial charge is 0.414 e. The summed E-state index contributed by atoms with van der Waals surface area (Å²) in [6, 6.07) is 16.4. The maximum absolute atomic E-state index is 12.3. The Morgan fingerprint density at radius 2 is 2.08 bits per heavy atom. The molecule has 0 N–H and O–H groups in total. The molecule has 0 spiro atoms. The molecule has 26 heavy (non-hydrogen) atoms. The van der Waals surface area contributed by atoms with Gasteiger partial charge in [0.2, 0.25) is 0 Å². The van der Waals surface area contributed by atoms with Crippen molar-refractivity contribution in [2.75, 3.05) is 13.2 Å². The van der Waals surface area contributed by atoms with Crippen LogP contribution in [0.15, 0.2) is 75.6 Å². The third kappa shape index (κ3) is 4.40. The van der Waals surface area contributed by atoms with Crippen molar-refractivity contribution < 1.29 is 9.53 Å². The summed E-state index contributed by atoms with van der Waals surface area (Å²) in [5, 5.41) is 0.898. The van der Waals surface area contributed by atoms with Gasteiger partial charge in [-0.05, 0) is 48.7 Å². The molecule has 0 saturated carbocycles. The average molecular weight is 430 g/mol. The van der Waals surface area contributed by atoms with Crippen LogP contribution in [-0.4, -0.2) is 24.1 Å². The zero-order valence-corrected chi connectivity index (χ0v) is 17.0. The molecule has 0 unspecified atom stereocenters. The lowest BCUT2D eigenvalue weighted by atomic mass is 10.0. The van der Waals surface area contributed by atoms with Gasteiger partial charge in [-0.25, -0.2) is 4.79 Å². The summed E-state index contributed by atoms with van der Waals surface area (Å²) >= 11 is 5.13. The standard InChI is InChI=1S/C21H20BrNO2S/c1-3-5-19(16-6-4-7-17(22)14-16)20(23-12-13-25-21(23)24)26-18-10-8-15(2)9-11-18/h3-4,6-11,14H,1,5,12-13H2,2H3/b20-19+. The number of hydrogen-bond acceptors (Lipinski definition) is 3. The minimum Gasteiger partial charge on any atom is -0.447 e. The number of thioether (sulfide) groups is 1. The number of ether oxygens (including phenoxy) is 1. The van der Waals surface area contributed by atoms with Gasteiger partial charge in [-0.15, -0.1) is 6.58 Å². The predicted octanol–water partition coefficient (Wildman–Crippen LogP) is 6.25. The molecular formula is C21H20BrNO2S. The quantitative estimate of drug-likeness (QED) is 0.401. The molecule has 2 aromatic rings. The van der Waals surface area contributed by atoms with Crippen LogP contribution in [0.25, 0.3) is 5.57 Å². The van der Waals surface area contributed by atoms with Gasteiger partial charge < -0.3 is 4.74 Å². The van der Waals surface area contributed by atoms with E-state index in [1.807, 2.05) is 18.2 Å². The zero-order chi connectivity index (χ0) is 18.5. The van der Waals surface area contributed by atoms with Crippen molar-refractivity contribution in [2.24, 2.45) is 0 Å². The van der Waals surface area contributed by atoms with Crippen LogP contribution in [0.1, 0.15) is 17.5 Å². The van der Waals surface area contributed by atoms with Gasteiger partial charge in [-0.2, -0.15) is 0 Å². The van der Waals surface area contributed by atoms with Gasteiger partial charge in [0.05, 0.1) is 11.6 Å². The van der Waals surface area contributed by atoms with Gasteiger partial charge >= 0.3 is 6.09 Å². The van der Waals surface area contributed by atoms with E-state index >= 15 is 0 Å². The van der Waals surface area contributed by atoms with Gasteiger partial charge in [0.25, 0.3) is 0 Å². The molecule has 0 radical (unpaired) electrons. The van der Waals surface area contributed by atoms with Crippen molar-refractivity contribution in [2.45, 2.75) is 18.2 Å². The second-order valence-corrected chi connectivity index (χ2v) is 7.95. The molecule has 1 saturated heterocycles. The molecule has 1 heterocycles. The van der Waals surface area contributed by atoms with Crippen molar-refractivity contribution in [3.8, 4) is 0 Å². The lowest BCUT2D eigenvalue weighted by Crippen LogP contribution is -2.23. The minimum atomic E-state index is -0.295. The Bertz CT molecular complexity index is 845. The first-order chi connectivity index (χ1) is 12.6. The fourth-order valence-electron chi connectivity index (χ4n) is 2.72. The van der Waals surface area contributed by atoms with E-state index in [4.69, 9.17) is 4.74 Å². The second kappa shape index (κ2) is 8.60. The van der Waals surface area contributed by atoms with Gasteiger partial charge in [-0.1, -0.05) is 63.6 Å². The van der Waals surface area contributed by atoms with E-state index in [2.05, 4.69) is 65.8 Å². The number of carbonyl (C=O) groups excluding carboxylic acids is 1. The minimum absolute atomic E-state index is 0.295. The number of cyclic esters (lactones) is 1. The second-order valence-electron chi connectivity index (χ2n) is 5.97. The highest BCUT2D eigenvalue weighted by Gasteiger charge is 2.28. The van der Waals surface area contributed by atoms with Crippen LogP contribution in [0.5, 0.6) is 0 Å². The number of rotatable bonds is 6. The first-order valence-corrected chi connectivity index (χ1v) is 9.98. The molecule has 1 aliphatic rings. The van der Waals surface area contributed by atoms with Crippen molar-refractivity contribution >= 4 is 39.4 Å². The third-order valence-electron chi connectivity index (χ3n) is 4.02. The Morgan fingerprint density at radius 1 is 1.31 bits per heavy atom. The molecule has 0 atom stereocenters. The lowest BCUT2D eigenvalue weighted by molar-refractivity contribution is 0.165. The summed E-state index contributed by atoms with van der Waals surface area (Å²) in [5.74, 6) is 0. The maximum atomic E-state index is 12.3. The Kier molecular flexibility index (Phi) is 6.22. The summed E-state index contributed by atoms with van der Waals surface area (Å²) in [6.07, 6.45) is 2.23. The average Bonchev–Trinajstić information content (AvgIpc) is 3.05. The molecule has 0 aliphatic carbocycles. The topological polar surface area (TPSA) is 29.5 Å². The molecule has 3 rings (SSSR count). The molecule has 2 aromatic carbocycles. The van der Waals surface area contributed by atoms with E-state index in [1.165, 1.54) is 5.56 Å². The number of carbonyl (C=O) groups is 1. The molecule has 1 amide bonds. The molecule has 1 fully saturated rings. The highest BCUT2D eigenvalue weighted by Crippen LogP contribution is 2.38. The lowest BCUT2D eigenvalue weighted by Gasteiger charge is -2.21. The largest absolute Gasteiger partial charge is 0.447 e. The fourth-order valence-corrected chi connectivity index (χ4v) is 4.22. The van der Waals surface area contributed by atoms with E-state index in [0.717, 1.165) is 25.5 Å². The molecule has 5 heteroatoms. The monoisotopic (exact) mass is 429 g/mol. The first kappa shape index (κ1) is 18.8. The number of hydrogen-bond donors (Lipinski definition) is 0. The highest BCUT2D eigenvalue weighted by molar-refractivity contribution is 9.10. The molecule has 1 aliphatic heterocycles. The van der Waals surface area contributed by atoms with Crippen molar-refractivity contribution in [3.05, 3.63) is 81.8 Å². The van der Waals surface area contributed by atoms with Gasteiger partial charge in [-0.3, -0.25) is 4.90 Å². The van der Waals surface area contributed by atoms with E-state index in [0.29, 0.717) is 19.6 Å². The Hall–Kier alpha value is -1.98. The zero-order valence-electron chi connectivity index (χ0n) is 14.6. The van der Waals surface area contributed by atoms with Crippen LogP contribution < -0.4 is 0 Å². The van der Waals surface area contributed by atoms with Gasteiger partial charge in [0.1, 0.15) is 6.61 Å². The SMILES string of the molecule is C=CC/C(=C(\Sc1ccc(C)cc1)N1CCOC1=O)c1cccc(Br)c1. The number of halogens is 1. The van der Waals surface area contributed by atoms with Crippen LogP contribution in [0, 0.1) is 6.92 Å². The van der Waals surface area contributed by atoms with Crippen molar-refractivity contribution in [3.63, 3.8) is 0 Å². The van der Waals surface area contributed by atoms with E-state index < -0.39 is 0 Å². The number of allylic oxidation sites excluding steroid dienone is 2. The van der Waals surface area contributed by atoms with Crippen LogP contribution in [0.3, 0.4) is 0 Å². The molecule has 0 aromatic heterocycles. The summed E-state index contributed by atoms with van der Waals surface area (Å²) in [5.41, 5.74) is 3.33. The predicted molar refractivity (Wildman–Crippen MR) is 111 cm³/mol. The van der Waals surface area contributed by atoms with E-state index in [1.54, 1.807) is 16.7 Å². The molecule has 3 nitrogen and oxygen atoms in total. The molecule has 0 bridgehead atoms. The maximum Gasteiger partial charge on any atom is 0.414 e. The fraction of sp³-hybridized carbons (Fsp3) is 0.190. The molecular weight excluding hydrogens is 410 g/mol. The Morgan fingerprint density at radius 3 is 2.69 bits per heavy atom. The summed E-state index contributed by atoms with van der Waals surface area (Å²) in [4.78, 5) is 15.1. The van der Waals surface area contributed by atoms with Crippen molar-refractivity contribution in [1.29, 1.82) is 0 Å². The number of benzene rings is 2. The summed E-state index contributed by atoms with van der Waals surface area (Å²) in [6.45, 7) is 6.94. The normalized spacial score (nSPS) is 14.8. The Labute approximate surface area is 166 Å². The number of amides is 1. The van der Waals surface area contributed by atoms with Crippen molar-refractivity contribution in [1.82, 2.24) is 4.90 Å². The molecule has 134 valence electrons. The summed E-state index contributed by atoms with van der Waals surface area (Å²) in [7, 11) is 0. The van der Waals surface area contributed by atoms with Gasteiger partial charge in [0.15, 0.2) is 0 Å². The van der Waals surface area contributed by atoms with E-state index in [9.17, 15) is 4.79 Å². The van der Waals surface area contributed by atoms with Crippen LogP contribution in [0.4, 0.5) is 4.79 Å². The highest BCUT2D eigenvalue weighted by atomic mass is 79.9. The first-order valence-electron chi connectivity index (χ1n) is 8.37. The van der Waals surface area contributed by atoms with E-state index in [-0.39, 0.29) is 6.09 Å².